The summed E-state index contributed by atoms with van der Waals surface area (Å²) in [6.45, 7) is 33.9. The van der Waals surface area contributed by atoms with Crippen molar-refractivity contribution >= 4 is 96.2 Å². The Balaban J connectivity index is 1.26. The molecule has 9 aromatic carbocycles. The van der Waals surface area contributed by atoms with Gasteiger partial charge in [0.1, 0.15) is 11.2 Å². The van der Waals surface area contributed by atoms with Crippen LogP contribution in [0.1, 0.15) is 134 Å². The zero-order valence-electron chi connectivity index (χ0n) is 51.1. The second-order valence-electron chi connectivity index (χ2n) is 27.4. The maximum absolute atomic E-state index is 8.97. The molecule has 0 saturated carbocycles. The summed E-state index contributed by atoms with van der Waals surface area (Å²) in [5, 5.41) is 2.11. The molecule has 2 aliphatic heterocycles. The van der Waals surface area contributed by atoms with E-state index < -0.39 is 0 Å². The first kappa shape index (κ1) is 49.5. The molecule has 0 saturated heterocycles. The van der Waals surface area contributed by atoms with E-state index in [2.05, 4.69) is 276 Å². The summed E-state index contributed by atoms with van der Waals surface area (Å²) in [7, 11) is 0. The molecule has 1 aromatic heterocycles. The predicted molar refractivity (Wildman–Crippen MR) is 341 cm³/mol. The Morgan fingerprint density at radius 1 is 0.405 bits per heavy atom. The van der Waals surface area contributed by atoms with Crippen LogP contribution in [0.5, 0.6) is 0 Å². The molecule has 0 N–H and O–H groups in total. The summed E-state index contributed by atoms with van der Waals surface area (Å²) in [5.41, 5.74) is 22.3. The van der Waals surface area contributed by atoms with Crippen LogP contribution in [0.4, 0.5) is 51.2 Å². The second kappa shape index (κ2) is 18.4. The summed E-state index contributed by atoms with van der Waals surface area (Å²) in [5.74, 6) is 0. The average Bonchev–Trinajstić information content (AvgIpc) is 2.01. The van der Waals surface area contributed by atoms with Gasteiger partial charge in [0, 0.05) is 50.9 Å². The maximum atomic E-state index is 8.97. The van der Waals surface area contributed by atoms with E-state index in [0.29, 0.717) is 12.1 Å². The molecule has 0 aliphatic carbocycles. The van der Waals surface area contributed by atoms with Crippen molar-refractivity contribution in [3.63, 3.8) is 0 Å². The summed E-state index contributed by atoms with van der Waals surface area (Å²) in [4.78, 5) is 7.41. The minimum atomic E-state index is -0.288. The highest BCUT2D eigenvalue weighted by atomic mass is 16.3. The number of hydrogen-bond donors (Lipinski definition) is 0. The van der Waals surface area contributed by atoms with Gasteiger partial charge in [-0.1, -0.05) is 213 Å². The van der Waals surface area contributed by atoms with Gasteiger partial charge < -0.3 is 19.1 Å². The third-order valence-corrected chi connectivity index (χ3v) is 16.7. The van der Waals surface area contributed by atoms with Gasteiger partial charge in [-0.15, -0.1) is 0 Å². The van der Waals surface area contributed by atoms with Crippen LogP contribution in [-0.2, 0) is 27.1 Å². The topological polar surface area (TPSA) is 22.9 Å². The van der Waals surface area contributed by atoms with Crippen LogP contribution in [0.25, 0.3) is 33.1 Å². The van der Waals surface area contributed by atoms with Crippen molar-refractivity contribution in [2.75, 3.05) is 14.7 Å². The van der Waals surface area contributed by atoms with E-state index in [4.69, 9.17) is 7.16 Å². The summed E-state index contributed by atoms with van der Waals surface area (Å²) in [6, 6.07) is 65.5. The van der Waals surface area contributed by atoms with Crippen LogP contribution < -0.4 is 31.1 Å². The van der Waals surface area contributed by atoms with E-state index in [-0.39, 0.29) is 33.8 Å². The van der Waals surface area contributed by atoms with Gasteiger partial charge in [0.2, 0.25) is 0 Å². The third-order valence-electron chi connectivity index (χ3n) is 16.7. The highest BCUT2D eigenvalue weighted by Gasteiger charge is 2.47. The molecule has 12 rings (SSSR count). The molecule has 0 bridgehead atoms. The molecule has 0 radical (unpaired) electrons. The lowest BCUT2D eigenvalue weighted by atomic mass is 9.33. The number of benzene rings is 9. The summed E-state index contributed by atoms with van der Waals surface area (Å²) < 4.78 is 25.5. The van der Waals surface area contributed by atoms with Crippen LogP contribution in [0.3, 0.4) is 0 Å². The fourth-order valence-electron chi connectivity index (χ4n) is 12.1. The Hall–Kier alpha value is -7.76. The van der Waals surface area contributed by atoms with E-state index >= 15 is 0 Å². The molecule has 0 unspecified atom stereocenters. The Morgan fingerprint density at radius 2 is 0.835 bits per heavy atom. The predicted octanol–water partition coefficient (Wildman–Crippen LogP) is 19.3. The number of hydrogen-bond acceptors (Lipinski definition) is 4. The fraction of sp³-hybridized carbons (Fsp3) is 0.270. The molecule has 0 spiro atoms. The largest absolute Gasteiger partial charge is 0.456 e. The lowest BCUT2D eigenvalue weighted by Crippen LogP contribution is -2.61. The fourth-order valence-corrected chi connectivity index (χ4v) is 12.1. The van der Waals surface area contributed by atoms with E-state index in [1.54, 1.807) is 6.07 Å². The van der Waals surface area contributed by atoms with Crippen LogP contribution in [0.2, 0.25) is 0 Å². The lowest BCUT2D eigenvalue weighted by Gasteiger charge is -2.45. The molecular formula is C74H76BN3O. The first-order valence-electron chi connectivity index (χ1n) is 29.4. The van der Waals surface area contributed by atoms with Crippen LogP contribution in [0, 0.1) is 0 Å². The quantitative estimate of drug-likeness (QED) is 0.155. The van der Waals surface area contributed by atoms with Crippen molar-refractivity contribution in [3.05, 3.63) is 216 Å². The van der Waals surface area contributed by atoms with Gasteiger partial charge in [0.25, 0.3) is 6.71 Å². The second-order valence-corrected chi connectivity index (χ2v) is 27.4. The van der Waals surface area contributed by atoms with E-state index in [1.807, 2.05) is 12.1 Å². The van der Waals surface area contributed by atoms with Gasteiger partial charge in [-0.25, -0.2) is 0 Å². The zero-order valence-corrected chi connectivity index (χ0v) is 49.1. The highest BCUT2D eigenvalue weighted by Crippen LogP contribution is 2.52. The molecule has 79 heavy (non-hydrogen) atoms. The summed E-state index contributed by atoms with van der Waals surface area (Å²) >= 11 is 0. The third kappa shape index (κ3) is 9.04. The molecular weight excluding hydrogens is 958 g/mol. The molecule has 0 amide bonds. The molecule has 396 valence electrons. The minimum Gasteiger partial charge on any atom is -0.456 e. The van der Waals surface area contributed by atoms with Crippen molar-refractivity contribution in [2.24, 2.45) is 0 Å². The average molecular weight is 1040 g/mol. The molecule has 10 aromatic rings. The Morgan fingerprint density at radius 3 is 1.32 bits per heavy atom. The number of furan rings is 1. The monoisotopic (exact) mass is 1040 g/mol. The van der Waals surface area contributed by atoms with Crippen molar-refractivity contribution in [3.8, 4) is 11.1 Å². The van der Waals surface area contributed by atoms with Crippen LogP contribution in [-0.4, -0.2) is 6.71 Å². The molecule has 0 atom stereocenters. The van der Waals surface area contributed by atoms with Crippen molar-refractivity contribution in [1.82, 2.24) is 0 Å². The Kier molecular flexibility index (Phi) is 11.5. The highest BCUT2D eigenvalue weighted by molar-refractivity contribution is 7.01. The van der Waals surface area contributed by atoms with Crippen molar-refractivity contribution in [1.29, 1.82) is 0 Å². The summed E-state index contributed by atoms with van der Waals surface area (Å²) in [6.07, 6.45) is 0. The molecule has 3 heterocycles. The smallest absolute Gasteiger partial charge is 0.257 e. The Labute approximate surface area is 473 Å². The molecule has 5 heteroatoms. The maximum Gasteiger partial charge on any atom is 0.257 e. The molecule has 0 fully saturated rings. The normalized spacial score (nSPS) is 14.0. The van der Waals surface area contributed by atoms with E-state index in [0.717, 1.165) is 89.7 Å². The zero-order chi connectivity index (χ0) is 57.5. The number of rotatable bonds is 6. The Bertz CT molecular complexity index is 4010. The minimum absolute atomic E-state index is 0.0372. The first-order valence-corrected chi connectivity index (χ1v) is 28.4. The van der Waals surface area contributed by atoms with Crippen LogP contribution in [0.15, 0.2) is 192 Å². The van der Waals surface area contributed by atoms with Gasteiger partial charge in [-0.05, 0) is 161 Å². The van der Waals surface area contributed by atoms with Crippen molar-refractivity contribution in [2.45, 2.75) is 131 Å². The number of fused-ring (bicyclic) bond motifs is 8. The van der Waals surface area contributed by atoms with E-state index in [1.165, 1.54) is 38.7 Å². The van der Waals surface area contributed by atoms with Gasteiger partial charge in [0.05, 0.1) is 13.8 Å². The number of para-hydroxylation sites is 1. The van der Waals surface area contributed by atoms with E-state index in [9.17, 15) is 0 Å². The lowest BCUT2D eigenvalue weighted by molar-refractivity contribution is 0.590. The van der Waals surface area contributed by atoms with Gasteiger partial charge in [0.15, 0.2) is 0 Å². The van der Waals surface area contributed by atoms with Crippen molar-refractivity contribution < 1.29 is 7.16 Å². The molecule has 4 nitrogen and oxygen atoms in total. The number of anilines is 9. The molecule has 2 aliphatic rings. The van der Waals surface area contributed by atoms with Gasteiger partial charge in [-0.2, -0.15) is 0 Å². The van der Waals surface area contributed by atoms with Crippen LogP contribution >= 0.6 is 0 Å². The standard InChI is InChI=1S/C74H76BN3O/c1-70(2,3)49-25-34-54(35-26-49)76(55-36-27-50(28-37-55)71(4,5)6)61-46-64-68(69-66(61)58-23-19-20-24-65(58)79-69)75-59-45-53(74(13,14)15)33-42-60(59)77(56-38-29-51(30-39-56)72(7,8)9)62-43-48(47-21-17-16-18-22-47)44-63(67(62)75)78(64)57-40-31-52(32-41-57)73(10,11)12/h16-46H,1-15H3/i17D,18D. The van der Waals surface area contributed by atoms with Gasteiger partial charge in [-0.3, -0.25) is 0 Å². The van der Waals surface area contributed by atoms with Gasteiger partial charge >= 0.3 is 0 Å². The first-order chi connectivity index (χ1) is 38.1. The number of nitrogens with zero attached hydrogens (tertiary/aromatic N) is 3. The SMILES string of the molecule is [2H]c1cc([2H])cc(-c2cc3c4c(c2)N(c2ccc(C(C)(C)C)cc2)c2cc(N(c5ccc(C(C)(C)C)cc5)c5ccc(C(C)(C)C)cc5)c5c(oc6ccccc65)c2B4c2cc(C(C)(C)C)ccc2N3c2ccc(C(C)(C)C)cc2)c1.